The third-order valence-electron chi connectivity index (χ3n) is 8.83. The minimum Gasteiger partial charge on any atom is -0.0836 e. The Morgan fingerprint density at radius 3 is 1.81 bits per heavy atom. The fraction of sp³-hybridized carbons (Fsp3) is 0.0476. The standard InChI is InChI=1S/C42H30/c1-3-11-29(12-4-1)36-25-26-38-37-17-9-10-18-39(37)41(42(40(38)28-36)32-14-5-2-6-15-32)33-22-19-31(20-23-33)35-24-21-30-13-7-8-16-34(30)27-35/h1-17,19-28,39H,18H2. The van der Waals surface area contributed by atoms with Crippen molar-refractivity contribution in [1.82, 2.24) is 0 Å². The summed E-state index contributed by atoms with van der Waals surface area (Å²) in [6, 6.07) is 53.4. The molecule has 0 bridgehead atoms. The van der Waals surface area contributed by atoms with Crippen molar-refractivity contribution in [2.45, 2.75) is 6.42 Å². The summed E-state index contributed by atoms with van der Waals surface area (Å²) < 4.78 is 0. The van der Waals surface area contributed by atoms with Gasteiger partial charge in [0.15, 0.2) is 0 Å². The van der Waals surface area contributed by atoms with Crippen LogP contribution in [0.4, 0.5) is 0 Å². The predicted octanol–water partition coefficient (Wildman–Crippen LogP) is 11.1. The van der Waals surface area contributed by atoms with Gasteiger partial charge in [0.1, 0.15) is 0 Å². The quantitative estimate of drug-likeness (QED) is 0.211. The lowest BCUT2D eigenvalue weighted by molar-refractivity contribution is 0.859. The first-order valence-electron chi connectivity index (χ1n) is 14.8. The van der Waals surface area contributed by atoms with Crippen LogP contribution in [0.3, 0.4) is 0 Å². The van der Waals surface area contributed by atoms with Crippen LogP contribution in [0.5, 0.6) is 0 Å². The van der Waals surface area contributed by atoms with Crippen LogP contribution in [0.1, 0.15) is 28.7 Å². The van der Waals surface area contributed by atoms with Gasteiger partial charge in [0.25, 0.3) is 0 Å². The minimum absolute atomic E-state index is 0.312. The second kappa shape index (κ2) is 10.3. The van der Waals surface area contributed by atoms with E-state index in [1.807, 2.05) is 0 Å². The summed E-state index contributed by atoms with van der Waals surface area (Å²) in [6.07, 6.45) is 7.89. The van der Waals surface area contributed by atoms with Crippen molar-refractivity contribution in [3.63, 3.8) is 0 Å². The first-order chi connectivity index (χ1) is 20.8. The largest absolute Gasteiger partial charge is 0.0836 e. The highest BCUT2D eigenvalue weighted by Gasteiger charge is 2.33. The van der Waals surface area contributed by atoms with Gasteiger partial charge in [-0.15, -0.1) is 0 Å². The van der Waals surface area contributed by atoms with Gasteiger partial charge in [-0.1, -0.05) is 152 Å². The summed E-state index contributed by atoms with van der Waals surface area (Å²) in [7, 11) is 0. The van der Waals surface area contributed by atoms with Gasteiger partial charge < -0.3 is 0 Å². The first-order valence-corrected chi connectivity index (χ1v) is 14.8. The molecule has 2 aliphatic carbocycles. The van der Waals surface area contributed by atoms with Crippen molar-refractivity contribution in [3.05, 3.63) is 186 Å². The smallest absolute Gasteiger partial charge is 0.0142 e. The van der Waals surface area contributed by atoms with Gasteiger partial charge in [-0.25, -0.2) is 0 Å². The second-order valence-corrected chi connectivity index (χ2v) is 11.3. The molecule has 0 spiro atoms. The summed E-state index contributed by atoms with van der Waals surface area (Å²) in [4.78, 5) is 0. The van der Waals surface area contributed by atoms with Crippen LogP contribution in [-0.2, 0) is 0 Å². The second-order valence-electron chi connectivity index (χ2n) is 11.3. The summed E-state index contributed by atoms with van der Waals surface area (Å²) in [5, 5.41) is 2.55. The van der Waals surface area contributed by atoms with E-state index in [-0.39, 0.29) is 0 Å². The Balaban J connectivity index is 1.33. The molecule has 1 atom stereocenters. The van der Waals surface area contributed by atoms with Gasteiger partial charge >= 0.3 is 0 Å². The van der Waals surface area contributed by atoms with Crippen LogP contribution in [0.15, 0.2) is 164 Å². The van der Waals surface area contributed by atoms with Gasteiger partial charge in [0.05, 0.1) is 0 Å². The number of benzene rings is 6. The highest BCUT2D eigenvalue weighted by atomic mass is 14.4. The highest BCUT2D eigenvalue weighted by Crippen LogP contribution is 2.52. The van der Waals surface area contributed by atoms with E-state index < -0.39 is 0 Å². The van der Waals surface area contributed by atoms with Gasteiger partial charge in [0, 0.05) is 5.92 Å². The summed E-state index contributed by atoms with van der Waals surface area (Å²) in [6.45, 7) is 0. The molecule has 6 aromatic carbocycles. The molecule has 1 unspecified atom stereocenters. The van der Waals surface area contributed by atoms with Crippen molar-refractivity contribution in [3.8, 4) is 22.3 Å². The van der Waals surface area contributed by atoms with Gasteiger partial charge in [-0.2, -0.15) is 0 Å². The Hall–Kier alpha value is -5.20. The molecule has 0 saturated heterocycles. The Morgan fingerprint density at radius 2 is 1.02 bits per heavy atom. The number of fused-ring (bicyclic) bond motifs is 4. The van der Waals surface area contributed by atoms with Crippen molar-refractivity contribution in [1.29, 1.82) is 0 Å². The maximum Gasteiger partial charge on any atom is 0.0142 e. The predicted molar refractivity (Wildman–Crippen MR) is 179 cm³/mol. The van der Waals surface area contributed by atoms with Crippen molar-refractivity contribution in [2.24, 2.45) is 5.92 Å². The average molecular weight is 535 g/mol. The first kappa shape index (κ1) is 24.6. The normalized spacial score (nSPS) is 15.7. The van der Waals surface area contributed by atoms with Gasteiger partial charge in [0.2, 0.25) is 0 Å². The molecule has 6 aromatic rings. The zero-order chi connectivity index (χ0) is 27.9. The number of hydrogen-bond donors (Lipinski definition) is 0. The Morgan fingerprint density at radius 1 is 0.429 bits per heavy atom. The molecule has 0 nitrogen and oxygen atoms in total. The summed E-state index contributed by atoms with van der Waals surface area (Å²) in [5.74, 6) is 0.312. The maximum atomic E-state index is 2.41. The van der Waals surface area contributed by atoms with Gasteiger partial charge in [-0.05, 0) is 90.6 Å². The maximum absolute atomic E-state index is 2.41. The zero-order valence-corrected chi connectivity index (χ0v) is 23.4. The average Bonchev–Trinajstić information content (AvgIpc) is 3.08. The Kier molecular flexibility index (Phi) is 6.04. The van der Waals surface area contributed by atoms with E-state index in [0.717, 1.165) is 6.42 Å². The zero-order valence-electron chi connectivity index (χ0n) is 23.4. The molecule has 0 amide bonds. The number of hydrogen-bond acceptors (Lipinski definition) is 0. The van der Waals surface area contributed by atoms with E-state index in [4.69, 9.17) is 0 Å². The molecular weight excluding hydrogens is 504 g/mol. The van der Waals surface area contributed by atoms with Crippen LogP contribution < -0.4 is 0 Å². The number of allylic oxidation sites excluding steroid dienone is 5. The monoisotopic (exact) mass is 534 g/mol. The van der Waals surface area contributed by atoms with E-state index in [1.54, 1.807) is 0 Å². The van der Waals surface area contributed by atoms with Crippen LogP contribution in [-0.4, -0.2) is 0 Å². The molecular formula is C42H30. The summed E-state index contributed by atoms with van der Waals surface area (Å²) >= 11 is 0. The molecule has 0 aromatic heterocycles. The van der Waals surface area contributed by atoms with E-state index in [1.165, 1.54) is 72.0 Å². The lowest BCUT2D eigenvalue weighted by Gasteiger charge is -2.35. The number of rotatable bonds is 4. The molecule has 0 N–H and O–H groups in total. The molecule has 0 saturated carbocycles. The van der Waals surface area contributed by atoms with E-state index in [9.17, 15) is 0 Å². The van der Waals surface area contributed by atoms with Crippen LogP contribution >= 0.6 is 0 Å². The summed E-state index contributed by atoms with van der Waals surface area (Å²) in [5.41, 5.74) is 14.4. The van der Waals surface area contributed by atoms with Crippen LogP contribution in [0.25, 0.3) is 49.7 Å². The van der Waals surface area contributed by atoms with E-state index >= 15 is 0 Å². The molecule has 8 rings (SSSR count). The van der Waals surface area contributed by atoms with Crippen LogP contribution in [0, 0.1) is 5.92 Å². The molecule has 0 heteroatoms. The minimum atomic E-state index is 0.312. The van der Waals surface area contributed by atoms with Gasteiger partial charge in [-0.3, -0.25) is 0 Å². The Labute approximate surface area is 247 Å². The lowest BCUT2D eigenvalue weighted by atomic mass is 9.68. The molecule has 2 aliphatic rings. The fourth-order valence-corrected chi connectivity index (χ4v) is 6.79. The molecule has 0 heterocycles. The Bertz CT molecular complexity index is 2020. The third kappa shape index (κ3) is 4.24. The molecule has 0 radical (unpaired) electrons. The van der Waals surface area contributed by atoms with Crippen molar-refractivity contribution in [2.75, 3.05) is 0 Å². The van der Waals surface area contributed by atoms with Crippen LogP contribution in [0.2, 0.25) is 0 Å². The van der Waals surface area contributed by atoms with E-state index in [0.29, 0.717) is 5.92 Å². The molecule has 198 valence electrons. The third-order valence-corrected chi connectivity index (χ3v) is 8.83. The fourth-order valence-electron chi connectivity index (χ4n) is 6.79. The lowest BCUT2D eigenvalue weighted by Crippen LogP contribution is -2.17. The van der Waals surface area contributed by atoms with E-state index in [2.05, 4.69) is 164 Å². The molecule has 0 fully saturated rings. The van der Waals surface area contributed by atoms with Crippen molar-refractivity contribution < 1.29 is 0 Å². The topological polar surface area (TPSA) is 0 Å². The highest BCUT2D eigenvalue weighted by molar-refractivity contribution is 6.09. The van der Waals surface area contributed by atoms with Crippen molar-refractivity contribution >= 4 is 27.5 Å². The SMILES string of the molecule is C1=CCC2C(=C1)c1ccc(-c3ccccc3)cc1C(c1ccccc1)=C2c1ccc(-c2ccc3ccccc3c2)cc1. The molecule has 0 aliphatic heterocycles. The molecule has 42 heavy (non-hydrogen) atoms.